The van der Waals surface area contributed by atoms with E-state index in [0.29, 0.717) is 12.2 Å². The quantitative estimate of drug-likeness (QED) is 0.858. The summed E-state index contributed by atoms with van der Waals surface area (Å²) in [6.45, 7) is 2.58. The second-order valence-corrected chi connectivity index (χ2v) is 7.28. The van der Waals surface area contributed by atoms with Crippen LogP contribution in [-0.2, 0) is 14.8 Å². The van der Waals surface area contributed by atoms with Gasteiger partial charge in [-0.1, -0.05) is 0 Å². The Bertz CT molecular complexity index is 567. The van der Waals surface area contributed by atoms with E-state index < -0.39 is 10.0 Å². The van der Waals surface area contributed by atoms with Crippen molar-refractivity contribution >= 4 is 27.3 Å². The van der Waals surface area contributed by atoms with Crippen LogP contribution in [0.3, 0.4) is 0 Å². The van der Waals surface area contributed by atoms with E-state index in [1.54, 1.807) is 0 Å². The molecule has 1 aliphatic heterocycles. The Morgan fingerprint density at radius 3 is 2.89 bits per heavy atom. The van der Waals surface area contributed by atoms with E-state index in [-0.39, 0.29) is 22.3 Å². The Hall–Kier alpha value is -0.960. The predicted octanol–water partition coefficient (Wildman–Crippen LogP) is 0.693. The van der Waals surface area contributed by atoms with E-state index in [0.717, 1.165) is 24.2 Å². The summed E-state index contributed by atoms with van der Waals surface area (Å²) in [7, 11) is -3.74. The normalized spacial score (nSPS) is 24.1. The van der Waals surface area contributed by atoms with Crippen LogP contribution in [0.4, 0.5) is 0 Å². The van der Waals surface area contributed by atoms with Crippen LogP contribution >= 0.6 is 11.3 Å². The topological polar surface area (TPSA) is 98.5 Å². The van der Waals surface area contributed by atoms with Gasteiger partial charge in [0.2, 0.25) is 10.0 Å². The van der Waals surface area contributed by atoms with Gasteiger partial charge in [-0.3, -0.25) is 4.79 Å². The molecule has 1 aliphatic rings. The number of amides is 1. The molecule has 0 aromatic carbocycles. The molecule has 19 heavy (non-hydrogen) atoms. The number of hydrogen-bond donors (Lipinski definition) is 2. The van der Waals surface area contributed by atoms with Crippen molar-refractivity contribution in [2.45, 2.75) is 36.1 Å². The van der Waals surface area contributed by atoms with Gasteiger partial charge in [0.15, 0.2) is 0 Å². The Morgan fingerprint density at radius 1 is 1.58 bits per heavy atom. The summed E-state index contributed by atoms with van der Waals surface area (Å²) >= 11 is 0.949. The summed E-state index contributed by atoms with van der Waals surface area (Å²) in [6.07, 6.45) is 1.65. The fourth-order valence-electron chi connectivity index (χ4n) is 1.98. The van der Waals surface area contributed by atoms with Crippen LogP contribution < -0.4 is 10.5 Å². The van der Waals surface area contributed by atoms with Gasteiger partial charge in [-0.15, -0.1) is 11.3 Å². The third-order valence-electron chi connectivity index (χ3n) is 2.94. The molecular weight excluding hydrogens is 288 g/mol. The molecule has 6 nitrogen and oxygen atoms in total. The Labute approximate surface area is 116 Å². The average Bonchev–Trinajstić information content (AvgIpc) is 2.77. The third-order valence-corrected chi connectivity index (χ3v) is 5.32. The minimum atomic E-state index is -3.74. The molecule has 0 spiro atoms. The van der Waals surface area contributed by atoms with Crippen molar-refractivity contribution in [3.8, 4) is 0 Å². The van der Waals surface area contributed by atoms with E-state index in [2.05, 4.69) is 5.32 Å². The van der Waals surface area contributed by atoms with Gasteiger partial charge in [0.05, 0.1) is 11.7 Å². The number of carbonyl (C=O) groups is 1. The van der Waals surface area contributed by atoms with Crippen molar-refractivity contribution in [2.24, 2.45) is 5.14 Å². The molecule has 2 heterocycles. The third kappa shape index (κ3) is 3.75. The van der Waals surface area contributed by atoms with E-state index in [1.165, 1.54) is 11.4 Å². The highest BCUT2D eigenvalue weighted by molar-refractivity contribution is 7.91. The van der Waals surface area contributed by atoms with Gasteiger partial charge in [0, 0.05) is 18.0 Å². The SMILES string of the molecule is CC1CC(NC(=O)c2csc(S(N)(=O)=O)c2)CCO1. The highest BCUT2D eigenvalue weighted by atomic mass is 32.2. The highest BCUT2D eigenvalue weighted by Crippen LogP contribution is 2.20. The van der Waals surface area contributed by atoms with E-state index in [4.69, 9.17) is 9.88 Å². The summed E-state index contributed by atoms with van der Waals surface area (Å²) < 4.78 is 27.7. The molecule has 1 aromatic rings. The second kappa shape index (κ2) is 5.58. The smallest absolute Gasteiger partial charge is 0.252 e. The Morgan fingerprint density at radius 2 is 2.32 bits per heavy atom. The van der Waals surface area contributed by atoms with Gasteiger partial charge < -0.3 is 10.1 Å². The number of nitrogens with one attached hydrogen (secondary N) is 1. The monoisotopic (exact) mass is 304 g/mol. The number of thiophene rings is 1. The lowest BCUT2D eigenvalue weighted by Crippen LogP contribution is -2.41. The second-order valence-electron chi connectivity index (χ2n) is 4.58. The first-order chi connectivity index (χ1) is 8.86. The van der Waals surface area contributed by atoms with Crippen LogP contribution in [0, 0.1) is 0 Å². The molecule has 8 heteroatoms. The number of nitrogens with two attached hydrogens (primary N) is 1. The van der Waals surface area contributed by atoms with E-state index in [9.17, 15) is 13.2 Å². The lowest BCUT2D eigenvalue weighted by Gasteiger charge is -2.27. The van der Waals surface area contributed by atoms with Crippen LogP contribution in [-0.4, -0.2) is 33.1 Å². The number of rotatable bonds is 3. The van der Waals surface area contributed by atoms with Crippen molar-refractivity contribution in [1.29, 1.82) is 0 Å². The molecule has 1 amide bonds. The molecule has 1 aromatic heterocycles. The van der Waals surface area contributed by atoms with Crippen molar-refractivity contribution in [3.63, 3.8) is 0 Å². The van der Waals surface area contributed by atoms with Crippen LogP contribution in [0.1, 0.15) is 30.1 Å². The van der Waals surface area contributed by atoms with Crippen LogP contribution in [0.2, 0.25) is 0 Å². The van der Waals surface area contributed by atoms with Crippen LogP contribution in [0.15, 0.2) is 15.7 Å². The van der Waals surface area contributed by atoms with E-state index >= 15 is 0 Å². The van der Waals surface area contributed by atoms with Gasteiger partial charge in [-0.2, -0.15) is 0 Å². The molecule has 1 fully saturated rings. The summed E-state index contributed by atoms with van der Waals surface area (Å²) in [5, 5.41) is 9.39. The number of sulfonamides is 1. The highest BCUT2D eigenvalue weighted by Gasteiger charge is 2.22. The van der Waals surface area contributed by atoms with Gasteiger partial charge in [0.25, 0.3) is 5.91 Å². The zero-order valence-electron chi connectivity index (χ0n) is 10.5. The molecule has 0 saturated carbocycles. The molecule has 0 radical (unpaired) electrons. The van der Waals surface area contributed by atoms with Gasteiger partial charge in [-0.25, -0.2) is 13.6 Å². The van der Waals surface area contributed by atoms with Crippen molar-refractivity contribution in [2.75, 3.05) is 6.61 Å². The molecule has 0 aliphatic carbocycles. The summed E-state index contributed by atoms with van der Waals surface area (Å²) in [5.41, 5.74) is 0.327. The number of ether oxygens (including phenoxy) is 1. The molecule has 1 saturated heterocycles. The van der Waals surface area contributed by atoms with Gasteiger partial charge >= 0.3 is 0 Å². The molecule has 2 rings (SSSR count). The lowest BCUT2D eigenvalue weighted by atomic mass is 10.0. The largest absolute Gasteiger partial charge is 0.378 e. The molecule has 0 bridgehead atoms. The molecular formula is C11H16N2O4S2. The molecule has 2 unspecified atom stereocenters. The number of hydrogen-bond acceptors (Lipinski definition) is 5. The van der Waals surface area contributed by atoms with Crippen molar-refractivity contribution in [3.05, 3.63) is 17.0 Å². The fraction of sp³-hybridized carbons (Fsp3) is 0.545. The molecule has 3 N–H and O–H groups in total. The lowest BCUT2D eigenvalue weighted by molar-refractivity contribution is 0.0136. The van der Waals surface area contributed by atoms with Gasteiger partial charge in [0.1, 0.15) is 4.21 Å². The zero-order chi connectivity index (χ0) is 14.0. The number of primary sulfonamides is 1. The first kappa shape index (κ1) is 14.4. The maximum atomic E-state index is 12.0. The summed E-state index contributed by atoms with van der Waals surface area (Å²) in [4.78, 5) is 12.0. The fourth-order valence-corrected chi connectivity index (χ4v) is 3.57. The van der Waals surface area contributed by atoms with Gasteiger partial charge in [-0.05, 0) is 25.8 Å². The Kier molecular flexibility index (Phi) is 4.24. The van der Waals surface area contributed by atoms with Crippen molar-refractivity contribution < 1.29 is 17.9 Å². The molecule has 106 valence electrons. The maximum absolute atomic E-state index is 12.0. The first-order valence-electron chi connectivity index (χ1n) is 5.90. The zero-order valence-corrected chi connectivity index (χ0v) is 12.1. The summed E-state index contributed by atoms with van der Waals surface area (Å²) in [6, 6.07) is 1.37. The summed E-state index contributed by atoms with van der Waals surface area (Å²) in [5.74, 6) is -0.273. The first-order valence-corrected chi connectivity index (χ1v) is 8.32. The van der Waals surface area contributed by atoms with Crippen molar-refractivity contribution in [1.82, 2.24) is 5.32 Å². The minimum absolute atomic E-state index is 0.00186. The predicted molar refractivity (Wildman–Crippen MR) is 71.6 cm³/mol. The Balaban J connectivity index is 2.02. The van der Waals surface area contributed by atoms with Crippen LogP contribution in [0.5, 0.6) is 0 Å². The minimum Gasteiger partial charge on any atom is -0.378 e. The van der Waals surface area contributed by atoms with Crippen LogP contribution in [0.25, 0.3) is 0 Å². The van der Waals surface area contributed by atoms with E-state index in [1.807, 2.05) is 6.92 Å². The average molecular weight is 304 g/mol. The molecule has 2 atom stereocenters. The number of carbonyl (C=O) groups excluding carboxylic acids is 1. The maximum Gasteiger partial charge on any atom is 0.252 e. The standard InChI is InChI=1S/C11H16N2O4S2/c1-7-4-9(2-3-17-7)13-11(14)8-5-10(18-6-8)19(12,15)16/h5-7,9H,2-4H2,1H3,(H,13,14)(H2,12,15,16).